The largest absolute Gasteiger partial charge is 0.481 e. The lowest BCUT2D eigenvalue weighted by Gasteiger charge is -2.03. The van der Waals surface area contributed by atoms with Crippen molar-refractivity contribution in [3.63, 3.8) is 0 Å². The molecular weight excluding hydrogens is 266 g/mol. The quantitative estimate of drug-likeness (QED) is 0.677. The van der Waals surface area contributed by atoms with Gasteiger partial charge in [-0.25, -0.2) is 0 Å². The summed E-state index contributed by atoms with van der Waals surface area (Å²) in [6.07, 6.45) is -0.213. The minimum absolute atomic E-state index is 0.105. The Bertz CT molecular complexity index is 430. The fourth-order valence-corrected chi connectivity index (χ4v) is 1.61. The number of nitro benzene ring substituents is 1. The second-order valence-electron chi connectivity index (χ2n) is 3.07. The van der Waals surface area contributed by atoms with Gasteiger partial charge in [-0.05, 0) is 34.0 Å². The Morgan fingerprint density at radius 2 is 2.20 bits per heavy atom. The van der Waals surface area contributed by atoms with Gasteiger partial charge in [0.1, 0.15) is 0 Å². The van der Waals surface area contributed by atoms with E-state index in [0.29, 0.717) is 15.6 Å². The molecule has 5 nitrogen and oxygen atoms in total. The number of carboxylic acid groups (broad SMARTS) is 1. The van der Waals surface area contributed by atoms with Gasteiger partial charge in [-0.15, -0.1) is 0 Å². The minimum atomic E-state index is -1.01. The van der Waals surface area contributed by atoms with Crippen LogP contribution in [0.3, 0.4) is 0 Å². The van der Waals surface area contributed by atoms with Gasteiger partial charge in [0.2, 0.25) is 0 Å². The average molecular weight is 274 g/mol. The lowest BCUT2D eigenvalue weighted by atomic mass is 10.1. The van der Waals surface area contributed by atoms with Crippen molar-refractivity contribution in [2.75, 3.05) is 0 Å². The zero-order chi connectivity index (χ0) is 11.6. The summed E-state index contributed by atoms with van der Waals surface area (Å²) in [5.74, 6) is -1.01. The van der Waals surface area contributed by atoms with Gasteiger partial charge in [0.05, 0.1) is 15.8 Å². The van der Waals surface area contributed by atoms with Gasteiger partial charge in [-0.1, -0.05) is 6.07 Å². The monoisotopic (exact) mass is 273 g/mol. The van der Waals surface area contributed by atoms with Gasteiger partial charge in [0, 0.05) is 6.07 Å². The average Bonchev–Trinajstić information content (AvgIpc) is 2.09. The summed E-state index contributed by atoms with van der Waals surface area (Å²) < 4.78 is 0.390. The molecule has 1 aromatic rings. The van der Waals surface area contributed by atoms with E-state index in [1.54, 1.807) is 13.0 Å². The Morgan fingerprint density at radius 1 is 1.60 bits per heavy atom. The van der Waals surface area contributed by atoms with Crippen LogP contribution in [0, 0.1) is 17.0 Å². The number of hydrogen-bond acceptors (Lipinski definition) is 3. The number of nitrogens with zero attached hydrogens (tertiary/aromatic N) is 1. The van der Waals surface area contributed by atoms with E-state index in [2.05, 4.69) is 15.9 Å². The molecule has 0 aliphatic carbocycles. The molecule has 80 valence electrons. The Labute approximate surface area is 94.0 Å². The lowest BCUT2D eigenvalue weighted by molar-refractivity contribution is -0.385. The molecular formula is C9H8BrNO4. The molecule has 0 unspecified atom stereocenters. The normalized spacial score (nSPS) is 10.0. The van der Waals surface area contributed by atoms with Crippen molar-refractivity contribution >= 4 is 27.6 Å². The summed E-state index contributed by atoms with van der Waals surface area (Å²) >= 11 is 3.09. The molecule has 1 aromatic carbocycles. The molecule has 0 bridgehead atoms. The highest BCUT2D eigenvalue weighted by Gasteiger charge is 2.16. The van der Waals surface area contributed by atoms with Crippen molar-refractivity contribution < 1.29 is 14.8 Å². The van der Waals surface area contributed by atoms with Crippen molar-refractivity contribution in [1.82, 2.24) is 0 Å². The Kier molecular flexibility index (Phi) is 3.41. The molecule has 1 rings (SSSR count). The molecule has 0 saturated carbocycles. The van der Waals surface area contributed by atoms with Crippen LogP contribution >= 0.6 is 15.9 Å². The van der Waals surface area contributed by atoms with E-state index in [-0.39, 0.29) is 12.1 Å². The summed E-state index contributed by atoms with van der Waals surface area (Å²) in [4.78, 5) is 20.6. The van der Waals surface area contributed by atoms with E-state index >= 15 is 0 Å². The molecule has 0 saturated heterocycles. The van der Waals surface area contributed by atoms with Crippen molar-refractivity contribution in [2.45, 2.75) is 13.3 Å². The summed E-state index contributed by atoms with van der Waals surface area (Å²) in [6, 6.07) is 2.89. The van der Waals surface area contributed by atoms with Crippen LogP contribution in [0.1, 0.15) is 11.1 Å². The molecule has 0 spiro atoms. The smallest absolute Gasteiger partial charge is 0.307 e. The zero-order valence-corrected chi connectivity index (χ0v) is 9.44. The number of aryl methyl sites for hydroxylation is 1. The highest BCUT2D eigenvalue weighted by Crippen LogP contribution is 2.29. The third kappa shape index (κ3) is 2.76. The first-order chi connectivity index (χ1) is 6.91. The van der Waals surface area contributed by atoms with Gasteiger partial charge < -0.3 is 5.11 Å². The zero-order valence-electron chi connectivity index (χ0n) is 7.86. The van der Waals surface area contributed by atoms with Crippen molar-refractivity contribution in [2.24, 2.45) is 0 Å². The predicted octanol–water partition coefficient (Wildman–Crippen LogP) is 2.29. The second kappa shape index (κ2) is 4.39. The first-order valence-corrected chi connectivity index (χ1v) is 4.86. The van der Waals surface area contributed by atoms with Crippen LogP contribution in [0.2, 0.25) is 0 Å². The maximum Gasteiger partial charge on any atom is 0.307 e. The van der Waals surface area contributed by atoms with Gasteiger partial charge >= 0.3 is 5.97 Å². The van der Waals surface area contributed by atoms with E-state index in [1.807, 2.05) is 0 Å². The molecule has 0 amide bonds. The van der Waals surface area contributed by atoms with Crippen molar-refractivity contribution in [3.05, 3.63) is 37.8 Å². The van der Waals surface area contributed by atoms with E-state index in [1.165, 1.54) is 6.07 Å². The number of halogens is 1. The maximum atomic E-state index is 10.6. The third-order valence-corrected chi connectivity index (χ3v) is 2.88. The van der Waals surface area contributed by atoms with Crippen molar-refractivity contribution in [3.8, 4) is 0 Å². The first-order valence-electron chi connectivity index (χ1n) is 4.07. The van der Waals surface area contributed by atoms with E-state index in [9.17, 15) is 14.9 Å². The standard InChI is InChI=1S/C9H8BrNO4/c1-5-2-6(4-8(12)13)3-7(9(5)10)11(14)15/h2-3H,4H2,1H3,(H,12,13). The first kappa shape index (κ1) is 11.6. The van der Waals surface area contributed by atoms with Gasteiger partial charge in [0.25, 0.3) is 5.69 Å². The number of carboxylic acids is 1. The summed E-state index contributed by atoms with van der Waals surface area (Å²) in [6.45, 7) is 1.68. The van der Waals surface area contributed by atoms with Crippen LogP contribution in [-0.2, 0) is 11.2 Å². The predicted molar refractivity (Wildman–Crippen MR) is 56.9 cm³/mol. The lowest BCUT2D eigenvalue weighted by Crippen LogP contribution is -2.02. The van der Waals surface area contributed by atoms with Crippen LogP contribution in [0.15, 0.2) is 16.6 Å². The number of carbonyl (C=O) groups is 1. The molecule has 0 fully saturated rings. The van der Waals surface area contributed by atoms with E-state index in [4.69, 9.17) is 5.11 Å². The number of aliphatic carboxylic acids is 1. The van der Waals surface area contributed by atoms with Crippen LogP contribution in [0.5, 0.6) is 0 Å². The Morgan fingerprint density at radius 3 is 2.67 bits per heavy atom. The topological polar surface area (TPSA) is 80.4 Å². The molecule has 0 heterocycles. The van der Waals surface area contributed by atoms with Crippen LogP contribution in [-0.4, -0.2) is 16.0 Å². The molecule has 15 heavy (non-hydrogen) atoms. The fourth-order valence-electron chi connectivity index (χ4n) is 1.23. The fraction of sp³-hybridized carbons (Fsp3) is 0.222. The number of benzene rings is 1. The summed E-state index contributed by atoms with van der Waals surface area (Å²) in [5.41, 5.74) is 0.974. The van der Waals surface area contributed by atoms with Gasteiger partial charge in [-0.2, -0.15) is 0 Å². The third-order valence-electron chi connectivity index (χ3n) is 1.85. The molecule has 0 atom stereocenters. The Hall–Kier alpha value is -1.43. The number of hydrogen-bond donors (Lipinski definition) is 1. The minimum Gasteiger partial charge on any atom is -0.481 e. The molecule has 0 radical (unpaired) electrons. The van der Waals surface area contributed by atoms with E-state index < -0.39 is 10.9 Å². The summed E-state index contributed by atoms with van der Waals surface area (Å²) in [7, 11) is 0. The SMILES string of the molecule is Cc1cc(CC(=O)O)cc([N+](=O)[O-])c1Br. The molecule has 6 heteroatoms. The highest BCUT2D eigenvalue weighted by molar-refractivity contribution is 9.10. The highest BCUT2D eigenvalue weighted by atomic mass is 79.9. The van der Waals surface area contributed by atoms with Crippen molar-refractivity contribution in [1.29, 1.82) is 0 Å². The molecule has 1 N–H and O–H groups in total. The maximum absolute atomic E-state index is 10.6. The molecule has 0 aliphatic heterocycles. The number of nitro groups is 1. The summed E-state index contributed by atoms with van der Waals surface area (Å²) in [5, 5.41) is 19.2. The number of rotatable bonds is 3. The molecule has 0 aromatic heterocycles. The van der Waals surface area contributed by atoms with Gasteiger partial charge in [0.15, 0.2) is 0 Å². The second-order valence-corrected chi connectivity index (χ2v) is 3.87. The van der Waals surface area contributed by atoms with E-state index in [0.717, 1.165) is 0 Å². The molecule has 0 aliphatic rings. The Balaban J connectivity index is 3.23. The van der Waals surface area contributed by atoms with Crippen LogP contribution < -0.4 is 0 Å². The van der Waals surface area contributed by atoms with Gasteiger partial charge in [-0.3, -0.25) is 14.9 Å². The van der Waals surface area contributed by atoms with Crippen LogP contribution in [0.4, 0.5) is 5.69 Å². The van der Waals surface area contributed by atoms with Crippen LogP contribution in [0.25, 0.3) is 0 Å².